The van der Waals surface area contributed by atoms with E-state index in [0.717, 1.165) is 37.9 Å². The van der Waals surface area contributed by atoms with Crippen molar-refractivity contribution in [3.8, 4) is 5.75 Å². The number of amides is 1. The summed E-state index contributed by atoms with van der Waals surface area (Å²) in [4.78, 5) is 36.3. The first kappa shape index (κ1) is 45.3. The zero-order valence-electron chi connectivity index (χ0n) is 33.0. The summed E-state index contributed by atoms with van der Waals surface area (Å²) in [7, 11) is 5.09. The minimum absolute atomic E-state index is 0.0585. The van der Waals surface area contributed by atoms with Crippen molar-refractivity contribution in [3.05, 3.63) is 64.5 Å². The molecule has 1 aromatic heterocycles. The van der Waals surface area contributed by atoms with Crippen molar-refractivity contribution in [1.29, 1.82) is 0 Å². The third kappa shape index (κ3) is 14.8. The maximum absolute atomic E-state index is 13.6. The molecule has 302 valence electrons. The highest BCUT2D eigenvalue weighted by Crippen LogP contribution is 2.29. The van der Waals surface area contributed by atoms with Crippen LogP contribution in [0.2, 0.25) is 0 Å². The lowest BCUT2D eigenvalue weighted by Gasteiger charge is -2.38. The monoisotopic (exact) mass is 768 g/mol. The molecule has 16 heteroatoms. The van der Waals surface area contributed by atoms with Crippen molar-refractivity contribution in [2.24, 2.45) is 5.41 Å². The number of nitrogens with one attached hydrogen (secondary N) is 1. The second-order valence-electron chi connectivity index (χ2n) is 15.5. The molecule has 0 aliphatic carbocycles. The van der Waals surface area contributed by atoms with E-state index in [0.29, 0.717) is 25.0 Å². The lowest BCUT2D eigenvalue weighted by molar-refractivity contribution is -0.271. The number of nitrogens with zero attached hydrogens (tertiary/aromatic N) is 3. The van der Waals surface area contributed by atoms with Crippen LogP contribution in [0.3, 0.4) is 0 Å². The predicted molar refractivity (Wildman–Crippen MR) is 203 cm³/mol. The van der Waals surface area contributed by atoms with Gasteiger partial charge in [-0.3, -0.25) is 14.3 Å². The van der Waals surface area contributed by atoms with Gasteiger partial charge in [-0.1, -0.05) is 48.4 Å². The Morgan fingerprint density at radius 1 is 1.05 bits per heavy atom. The van der Waals surface area contributed by atoms with E-state index in [9.17, 15) is 34.8 Å². The van der Waals surface area contributed by atoms with Gasteiger partial charge < -0.3 is 44.7 Å². The number of benzene rings is 1. The Hall–Kier alpha value is -4.09. The van der Waals surface area contributed by atoms with Crippen LogP contribution in [0, 0.1) is 5.41 Å². The first-order valence-corrected chi connectivity index (χ1v) is 18.5. The van der Waals surface area contributed by atoms with Crippen molar-refractivity contribution >= 4 is 25.6 Å². The summed E-state index contributed by atoms with van der Waals surface area (Å²) < 4.78 is 23.9. The third-order valence-electron chi connectivity index (χ3n) is 9.40. The maximum atomic E-state index is 13.6. The first-order chi connectivity index (χ1) is 25.8. The van der Waals surface area contributed by atoms with E-state index < -0.39 is 59.5 Å². The molecule has 5 atom stereocenters. The van der Waals surface area contributed by atoms with Crippen molar-refractivity contribution in [1.82, 2.24) is 20.3 Å². The summed E-state index contributed by atoms with van der Waals surface area (Å²) in [5.41, 5.74) is 2.98. The number of carboxylic acid groups (broad SMARTS) is 1. The lowest BCUT2D eigenvalue weighted by Crippen LogP contribution is -2.61. The molecule has 0 saturated carbocycles. The minimum atomic E-state index is -1.92. The molecule has 1 saturated heterocycles. The van der Waals surface area contributed by atoms with E-state index >= 15 is 0 Å². The number of aliphatic carboxylic acids is 1. The highest BCUT2D eigenvalue weighted by molar-refractivity contribution is 6.55. The van der Waals surface area contributed by atoms with Crippen LogP contribution < -0.4 is 10.1 Å². The van der Waals surface area contributed by atoms with Crippen LogP contribution in [0.4, 0.5) is 4.79 Å². The van der Waals surface area contributed by atoms with Gasteiger partial charge in [-0.15, -0.1) is 5.10 Å². The summed E-state index contributed by atoms with van der Waals surface area (Å²) in [6, 6.07) is 4.18. The Kier molecular flexibility index (Phi) is 17.1. The average molecular weight is 769 g/mol. The fraction of sp³-hybridized carbons (Fsp3) is 0.615. The third-order valence-corrected chi connectivity index (χ3v) is 9.40. The number of hydrogen-bond donors (Lipinski definition) is 5. The van der Waals surface area contributed by atoms with Gasteiger partial charge in [-0.2, -0.15) is 0 Å². The molecule has 1 aliphatic heterocycles. The second-order valence-corrected chi connectivity index (χ2v) is 15.5. The zero-order valence-corrected chi connectivity index (χ0v) is 33.0. The molecule has 15 nitrogen and oxygen atoms in total. The number of aliphatic hydroxyl groups excluding tert-OH is 3. The molecule has 1 amide bonds. The summed E-state index contributed by atoms with van der Waals surface area (Å²) in [5.74, 6) is -3.34. The lowest BCUT2D eigenvalue weighted by atomic mass is 9.89. The topological polar surface area (TPSA) is 212 Å². The molecule has 0 spiro atoms. The summed E-state index contributed by atoms with van der Waals surface area (Å²) in [5, 5.41) is 51.7. The molecule has 1 aliphatic rings. The van der Waals surface area contributed by atoms with Gasteiger partial charge in [0, 0.05) is 32.3 Å². The number of hydrogen-bond acceptors (Lipinski definition) is 12. The SMILES string of the molecule is [B]C(=O)OCc1ccc(O[C@@H]2O[C@H](C(=O)O)[C@@H](O)[C@H](O)[C@H]2O)c(C(=O)NCC(C)(C)CCOC(C)(C)Cc2cn(CCC/C(C)=C/CC/C(C)=C/C)nn2)c1. The van der Waals surface area contributed by atoms with Gasteiger partial charge in [-0.25, -0.2) is 4.79 Å². The molecule has 1 aromatic carbocycles. The molecule has 2 heterocycles. The number of rotatable bonds is 21. The van der Waals surface area contributed by atoms with Gasteiger partial charge in [0.1, 0.15) is 30.7 Å². The molecule has 2 aromatic rings. The first-order valence-electron chi connectivity index (χ1n) is 18.5. The van der Waals surface area contributed by atoms with Crippen molar-refractivity contribution in [2.75, 3.05) is 13.2 Å². The Balaban J connectivity index is 1.55. The molecular formula is C39H57BN4O11. The summed E-state index contributed by atoms with van der Waals surface area (Å²) in [6.07, 6.45) is 2.37. The van der Waals surface area contributed by atoms with E-state index in [1.54, 1.807) is 0 Å². The molecule has 0 unspecified atom stereocenters. The van der Waals surface area contributed by atoms with Gasteiger partial charge in [0.05, 0.1) is 16.9 Å². The molecule has 2 radical (unpaired) electrons. The largest absolute Gasteiger partial charge is 0.479 e. The van der Waals surface area contributed by atoms with E-state index in [-0.39, 0.29) is 24.5 Å². The fourth-order valence-corrected chi connectivity index (χ4v) is 5.81. The molecule has 5 N–H and O–H groups in total. The highest BCUT2D eigenvalue weighted by Gasteiger charge is 2.48. The zero-order chi connectivity index (χ0) is 40.9. The average Bonchev–Trinajstić information content (AvgIpc) is 3.55. The Bertz CT molecular complexity index is 1660. The number of aromatic nitrogens is 3. The summed E-state index contributed by atoms with van der Waals surface area (Å²) in [6.45, 7) is 15.4. The van der Waals surface area contributed by atoms with Crippen LogP contribution in [0.15, 0.2) is 47.7 Å². The number of ether oxygens (including phenoxy) is 4. The van der Waals surface area contributed by atoms with Crippen LogP contribution in [0.1, 0.15) is 102 Å². The Morgan fingerprint density at radius 3 is 2.45 bits per heavy atom. The number of carboxylic acids is 1. The van der Waals surface area contributed by atoms with Gasteiger partial charge in [-0.05, 0) is 89.8 Å². The fourth-order valence-electron chi connectivity index (χ4n) is 5.81. The molecule has 55 heavy (non-hydrogen) atoms. The number of allylic oxidation sites excluding steroid dienone is 4. The maximum Gasteiger partial charge on any atom is 0.335 e. The van der Waals surface area contributed by atoms with Crippen LogP contribution in [0.5, 0.6) is 5.75 Å². The van der Waals surface area contributed by atoms with E-state index in [1.165, 1.54) is 29.3 Å². The van der Waals surface area contributed by atoms with Gasteiger partial charge in [0.2, 0.25) is 20.0 Å². The minimum Gasteiger partial charge on any atom is -0.479 e. The number of carbonyl (C=O) groups excluding carboxylic acids is 2. The van der Waals surface area contributed by atoms with E-state index in [2.05, 4.69) is 48.6 Å². The highest BCUT2D eigenvalue weighted by atomic mass is 16.7. The van der Waals surface area contributed by atoms with Gasteiger partial charge in [0.15, 0.2) is 6.10 Å². The predicted octanol–water partition coefficient (Wildman–Crippen LogP) is 4.01. The summed E-state index contributed by atoms with van der Waals surface area (Å²) >= 11 is 0. The van der Waals surface area contributed by atoms with Crippen LogP contribution in [-0.4, -0.2) is 110 Å². The van der Waals surface area contributed by atoms with Gasteiger partial charge >= 0.3 is 5.97 Å². The van der Waals surface area contributed by atoms with E-state index in [1.807, 2.05) is 38.6 Å². The standard InChI is InChI=1S/C39H57BN4O11/c1-8-24(2)11-9-12-25(3)13-10-17-44-21-27(42-43-44)20-39(6,7)53-18-16-38(4,5)23-41-34(48)28-19-26(22-52-37(40)51)14-15-29(28)54-36-32(47)30(45)31(46)33(55-36)35(49)50/h8,12,14-15,19,21,30-33,36,45-47H,9-11,13,16-18,20,22-23H2,1-7H3,(H,41,48)(H,49,50)/b24-8+,25-12+/t30-,31-,32+,33-,36+/m0/s1. The van der Waals surface area contributed by atoms with Crippen LogP contribution in [-0.2, 0) is 38.6 Å². The van der Waals surface area contributed by atoms with Crippen molar-refractivity contribution < 1.29 is 53.8 Å². The van der Waals surface area contributed by atoms with Crippen LogP contribution in [0.25, 0.3) is 0 Å². The number of carbonyl (C=O) groups is 3. The van der Waals surface area contributed by atoms with Gasteiger partial charge in [0.25, 0.3) is 5.91 Å². The van der Waals surface area contributed by atoms with Crippen molar-refractivity contribution in [3.63, 3.8) is 0 Å². The smallest absolute Gasteiger partial charge is 0.335 e. The van der Waals surface area contributed by atoms with Crippen LogP contribution >= 0.6 is 0 Å². The number of aliphatic hydroxyl groups is 3. The Morgan fingerprint density at radius 2 is 1.78 bits per heavy atom. The Labute approximate surface area is 324 Å². The normalized spacial score (nSPS) is 20.9. The van der Waals surface area contributed by atoms with E-state index in [4.69, 9.17) is 26.8 Å². The molecule has 1 fully saturated rings. The quantitative estimate of drug-likeness (QED) is 0.0899. The number of aryl methyl sites for hydroxylation is 1. The van der Waals surface area contributed by atoms with Crippen molar-refractivity contribution in [2.45, 2.75) is 136 Å². The second kappa shape index (κ2) is 20.7. The molecular weight excluding hydrogens is 711 g/mol. The molecule has 0 bridgehead atoms. The molecule has 3 rings (SSSR count).